The number of nitrogens with two attached hydrogens (primary N) is 2. The molecule has 28 N–H and O–H groups in total. The number of hydrogen-bond donors (Lipinski definition) is 26. The van der Waals surface area contributed by atoms with Crippen LogP contribution in [0.3, 0.4) is 0 Å². The van der Waals surface area contributed by atoms with E-state index in [-0.39, 0.29) is 32.2 Å². The van der Waals surface area contributed by atoms with Crippen molar-refractivity contribution in [3.63, 3.8) is 0 Å². The lowest BCUT2D eigenvalue weighted by Gasteiger charge is -2.30. The maximum Gasteiger partial charge on any atom is 0.326 e. The number of carboxylic acids is 5. The summed E-state index contributed by atoms with van der Waals surface area (Å²) >= 11 is 0. The Bertz CT molecular complexity index is 3270. The predicted octanol–water partition coefficient (Wildman–Crippen LogP) is -12.0. The molecular weight excluding hydrogens is 1480 g/mol. The molecule has 0 aromatic heterocycles. The summed E-state index contributed by atoms with van der Waals surface area (Å²) in [7, 11) is 0. The SMILES string of the molecule is CC[C@H](C)[C@H](NC(=O)[C@H](CCC(=O)O)NC(=O)[C@H](CO)NC(=O)[C@H](CO)NC(=O)[C@@H](NC(=O)[C@H](CC(=O)O)NC(=O)[C@@H](NC(=O)[C@H](C)NC(=O)[C@H](C)NC(=O)[C@H](CC(=O)O)NC(=O)[C@@H](N)COC(C)=O)C(C)C)[C@@H](C)O)C(=O)N[C@H](C(=O)N[C@H](C(=O)N[C@@H](CCCCN)C(=O)N[C@@H](CC(=O)O)C(=O)O)[C@@H](C)O)[C@@H](C)O. The van der Waals surface area contributed by atoms with E-state index in [2.05, 4.69) is 57.9 Å². The molecule has 0 radical (unpaired) electrons. The van der Waals surface area contributed by atoms with E-state index in [1.54, 1.807) is 0 Å². The molecule has 0 aromatic rings. The molecule has 47 heteroatoms. The molecule has 622 valence electrons. The molecule has 0 fully saturated rings. The summed E-state index contributed by atoms with van der Waals surface area (Å²) in [6.45, 7) is 8.64. The van der Waals surface area contributed by atoms with Crippen LogP contribution in [0.1, 0.15) is 127 Å². The van der Waals surface area contributed by atoms with Crippen LogP contribution < -0.4 is 85.9 Å². The molecule has 0 saturated carbocycles. The molecule has 0 aliphatic heterocycles. The third kappa shape index (κ3) is 35.9. The Labute approximate surface area is 628 Å². The largest absolute Gasteiger partial charge is 0.481 e. The summed E-state index contributed by atoms with van der Waals surface area (Å²) in [5.41, 5.74) is 11.2. The topological polar surface area (TPSA) is 773 Å². The van der Waals surface area contributed by atoms with E-state index in [9.17, 15) is 142 Å². The molecule has 0 aliphatic rings. The van der Waals surface area contributed by atoms with Crippen molar-refractivity contribution in [1.29, 1.82) is 0 Å². The van der Waals surface area contributed by atoms with Crippen LogP contribution in [0.25, 0.3) is 0 Å². The molecule has 0 spiro atoms. The second kappa shape index (κ2) is 49.2. The van der Waals surface area contributed by atoms with E-state index in [0.29, 0.717) is 0 Å². The zero-order valence-electron chi connectivity index (χ0n) is 61.9. The monoisotopic (exact) mass is 1580 g/mol. The Kier molecular flexibility index (Phi) is 44.4. The second-order valence-electron chi connectivity index (χ2n) is 25.8. The third-order valence-corrected chi connectivity index (χ3v) is 16.0. The minimum Gasteiger partial charge on any atom is -0.481 e. The van der Waals surface area contributed by atoms with E-state index in [1.165, 1.54) is 27.7 Å². The average molecular weight is 1580 g/mol. The van der Waals surface area contributed by atoms with Crippen molar-refractivity contribution < 1.29 is 152 Å². The number of aliphatic hydroxyl groups is 5. The molecular formula is C63H104N16O31. The minimum absolute atomic E-state index is 0.0554. The first-order valence-corrected chi connectivity index (χ1v) is 34.3. The van der Waals surface area contributed by atoms with Crippen molar-refractivity contribution in [2.45, 2.75) is 236 Å². The Balaban J connectivity index is 6.56. The summed E-state index contributed by atoms with van der Waals surface area (Å²) in [5.74, 6) is -28.8. The van der Waals surface area contributed by atoms with Gasteiger partial charge in [-0.2, -0.15) is 0 Å². The van der Waals surface area contributed by atoms with Crippen LogP contribution in [0.2, 0.25) is 0 Å². The molecule has 0 heterocycles. The molecule has 0 aliphatic carbocycles. The van der Waals surface area contributed by atoms with Gasteiger partial charge in [0.05, 0.1) is 50.8 Å². The van der Waals surface area contributed by atoms with Gasteiger partial charge in [-0.05, 0) is 78.7 Å². The third-order valence-electron chi connectivity index (χ3n) is 16.0. The van der Waals surface area contributed by atoms with Gasteiger partial charge >= 0.3 is 35.8 Å². The van der Waals surface area contributed by atoms with Gasteiger partial charge in [0.25, 0.3) is 0 Å². The fourth-order valence-corrected chi connectivity index (χ4v) is 9.50. The lowest BCUT2D eigenvalue weighted by Crippen LogP contribution is -2.64. The minimum atomic E-state index is -2.19. The number of aliphatic carboxylic acids is 5. The summed E-state index contributed by atoms with van der Waals surface area (Å²) in [6, 6.07) is -28.0. The molecule has 47 nitrogen and oxygen atoms in total. The standard InChI is InChI=1S/C63H104N16O31/c1-11-25(4)45(59(104)78-48(30(9)84)62(107)79-47(29(8)83)60(105)69-33(14-12-13-17-64)52(97)72-37(63(108)109)20-43(92)93)76-53(98)34(15-16-40(86)87)68-56(101)38(21-80)73-57(102)39(22-81)74-61(106)46(28(7)82)77-55(100)36(19-42(90)91)71-58(103)44(24(2)3)75-50(95)27(6)66-49(94)26(5)67-54(99)35(18-41(88)89)70-51(96)32(65)23-110-31(10)85/h24-30,32-39,44-48,80-84H,11-23,64-65H2,1-10H3,(H,66,94)(H,67,99)(H,68,101)(H,69,105)(H,70,96)(H,71,103)(H,72,97)(H,73,102)(H,74,106)(H,75,95)(H,76,98)(H,77,100)(H,78,104)(H,79,107)(H,86,87)(H,88,89)(H,90,91)(H,92,93)(H,108,109)/t25-,26-,27-,28+,29+,30+,32-,33-,34-,35-,36-,37-,38-,39-,44-,45-,46-,47-,48-/m0/s1. The maximum atomic E-state index is 14.1. The van der Waals surface area contributed by atoms with Crippen LogP contribution in [0.5, 0.6) is 0 Å². The maximum absolute atomic E-state index is 14.1. The molecule has 0 aromatic carbocycles. The fourth-order valence-electron chi connectivity index (χ4n) is 9.50. The van der Waals surface area contributed by atoms with Gasteiger partial charge in [0.1, 0.15) is 97.2 Å². The van der Waals surface area contributed by atoms with Crippen molar-refractivity contribution in [1.82, 2.24) is 74.4 Å². The predicted molar refractivity (Wildman–Crippen MR) is 371 cm³/mol. The summed E-state index contributed by atoms with van der Waals surface area (Å²) in [4.78, 5) is 259. The number of carbonyl (C=O) groups excluding carboxylic acids is 15. The number of amides is 14. The summed E-state index contributed by atoms with van der Waals surface area (Å²) in [5, 5.41) is 130. The normalized spacial score (nSPS) is 16.3. The first-order chi connectivity index (χ1) is 51.1. The van der Waals surface area contributed by atoms with Crippen molar-refractivity contribution in [3.8, 4) is 0 Å². The molecule has 0 unspecified atom stereocenters. The van der Waals surface area contributed by atoms with E-state index in [4.69, 9.17) is 16.6 Å². The second-order valence-corrected chi connectivity index (χ2v) is 25.8. The zero-order chi connectivity index (χ0) is 84.9. The smallest absolute Gasteiger partial charge is 0.326 e. The first kappa shape index (κ1) is 99.1. The number of aliphatic hydroxyl groups excluding tert-OH is 5. The van der Waals surface area contributed by atoms with Gasteiger partial charge < -0.3 is 142 Å². The highest BCUT2D eigenvalue weighted by Crippen LogP contribution is 2.14. The lowest BCUT2D eigenvalue weighted by molar-refractivity contribution is -0.147. The van der Waals surface area contributed by atoms with E-state index < -0.39 is 291 Å². The van der Waals surface area contributed by atoms with Crippen LogP contribution in [0, 0.1) is 11.8 Å². The fraction of sp³-hybridized carbons (Fsp3) is 0.683. The van der Waals surface area contributed by atoms with Gasteiger partial charge in [0, 0.05) is 13.3 Å². The molecule has 110 heavy (non-hydrogen) atoms. The number of carboxylic acid groups (broad SMARTS) is 5. The highest BCUT2D eigenvalue weighted by molar-refractivity contribution is 6.01. The summed E-state index contributed by atoms with van der Waals surface area (Å²) < 4.78 is 4.63. The van der Waals surface area contributed by atoms with Crippen molar-refractivity contribution in [2.75, 3.05) is 26.4 Å². The molecule has 14 amide bonds. The highest BCUT2D eigenvalue weighted by atomic mass is 16.5. The molecule has 0 bridgehead atoms. The van der Waals surface area contributed by atoms with Gasteiger partial charge in [-0.25, -0.2) is 4.79 Å². The first-order valence-electron chi connectivity index (χ1n) is 34.3. The lowest BCUT2D eigenvalue weighted by atomic mass is 9.96. The number of unbranched alkanes of at least 4 members (excludes halogenated alkanes) is 1. The summed E-state index contributed by atoms with van der Waals surface area (Å²) in [6.07, 6.45) is -10.3. The van der Waals surface area contributed by atoms with E-state index in [0.717, 1.165) is 41.5 Å². The van der Waals surface area contributed by atoms with Gasteiger partial charge in [-0.3, -0.25) is 91.1 Å². The highest BCUT2D eigenvalue weighted by Gasteiger charge is 2.41. The number of nitrogens with one attached hydrogen (secondary N) is 14. The van der Waals surface area contributed by atoms with Gasteiger partial charge in [0.15, 0.2) is 0 Å². The van der Waals surface area contributed by atoms with Crippen molar-refractivity contribution in [3.05, 3.63) is 0 Å². The van der Waals surface area contributed by atoms with E-state index >= 15 is 0 Å². The molecule has 0 saturated heterocycles. The van der Waals surface area contributed by atoms with Gasteiger partial charge in [-0.1, -0.05) is 34.1 Å². The van der Waals surface area contributed by atoms with Crippen molar-refractivity contribution >= 4 is 119 Å². The van der Waals surface area contributed by atoms with Crippen LogP contribution >= 0.6 is 0 Å². The van der Waals surface area contributed by atoms with Gasteiger partial charge in [-0.15, -0.1) is 0 Å². The van der Waals surface area contributed by atoms with Crippen LogP contribution in [-0.4, -0.2) is 305 Å². The number of hydrogen-bond acceptors (Lipinski definition) is 28. The Morgan fingerprint density at radius 2 is 0.664 bits per heavy atom. The van der Waals surface area contributed by atoms with Crippen LogP contribution in [0.4, 0.5) is 0 Å². The number of ether oxygens (including phenoxy) is 1. The Hall–Kier alpha value is -10.9. The van der Waals surface area contributed by atoms with E-state index in [1.807, 2.05) is 21.3 Å². The zero-order valence-corrected chi connectivity index (χ0v) is 61.9. The number of carbonyl (C=O) groups is 20. The number of esters is 1. The molecule has 19 atom stereocenters. The Morgan fingerprint density at radius 1 is 0.355 bits per heavy atom. The number of rotatable bonds is 52. The van der Waals surface area contributed by atoms with Crippen LogP contribution in [-0.2, 0) is 101 Å². The van der Waals surface area contributed by atoms with Crippen LogP contribution in [0.15, 0.2) is 0 Å². The van der Waals surface area contributed by atoms with Crippen molar-refractivity contribution in [2.24, 2.45) is 23.3 Å². The molecule has 0 rings (SSSR count). The Morgan fingerprint density at radius 3 is 1.07 bits per heavy atom. The van der Waals surface area contributed by atoms with Gasteiger partial charge in [0.2, 0.25) is 82.7 Å². The average Bonchev–Trinajstić information content (AvgIpc) is 0.834. The quantitative estimate of drug-likeness (QED) is 0.0199.